The fourth-order valence-electron chi connectivity index (χ4n) is 3.08. The van der Waals surface area contributed by atoms with Crippen molar-refractivity contribution in [2.75, 3.05) is 6.54 Å². The van der Waals surface area contributed by atoms with Crippen molar-refractivity contribution in [3.05, 3.63) is 35.9 Å². The highest BCUT2D eigenvalue weighted by molar-refractivity contribution is 5.27. The van der Waals surface area contributed by atoms with Gasteiger partial charge in [0.05, 0.1) is 0 Å². The second-order valence-electron chi connectivity index (χ2n) is 5.81. The highest BCUT2D eigenvalue weighted by Gasteiger charge is 2.39. The zero-order chi connectivity index (χ0) is 11.7. The van der Waals surface area contributed by atoms with E-state index >= 15 is 0 Å². The van der Waals surface area contributed by atoms with E-state index in [1.54, 1.807) is 0 Å². The fraction of sp³-hybridized carbons (Fsp3) is 0.600. The van der Waals surface area contributed by atoms with E-state index in [4.69, 9.17) is 5.73 Å². The third-order valence-electron chi connectivity index (χ3n) is 4.33. The lowest BCUT2D eigenvalue weighted by molar-refractivity contribution is 0.402. The Kier molecular flexibility index (Phi) is 2.93. The van der Waals surface area contributed by atoms with Gasteiger partial charge in [-0.3, -0.25) is 0 Å². The van der Waals surface area contributed by atoms with Crippen LogP contribution in [0.1, 0.15) is 43.6 Å². The molecule has 2 fully saturated rings. The van der Waals surface area contributed by atoms with Gasteiger partial charge in [0.25, 0.3) is 0 Å². The molecule has 1 aromatic rings. The maximum atomic E-state index is 6.36. The Morgan fingerprint density at radius 1 is 1.18 bits per heavy atom. The molecule has 92 valence electrons. The SMILES string of the molecule is NC1(CNC2CC2c2ccccc2)CCCC1. The van der Waals surface area contributed by atoms with Crippen LogP contribution in [-0.4, -0.2) is 18.1 Å². The van der Waals surface area contributed by atoms with Gasteiger partial charge in [-0.2, -0.15) is 0 Å². The van der Waals surface area contributed by atoms with Gasteiger partial charge in [-0.15, -0.1) is 0 Å². The lowest BCUT2D eigenvalue weighted by Gasteiger charge is -2.24. The smallest absolute Gasteiger partial charge is 0.0280 e. The molecular weight excluding hydrogens is 208 g/mol. The minimum absolute atomic E-state index is 0.0871. The maximum absolute atomic E-state index is 6.36. The van der Waals surface area contributed by atoms with Gasteiger partial charge in [0.15, 0.2) is 0 Å². The van der Waals surface area contributed by atoms with E-state index in [1.807, 2.05) is 0 Å². The lowest BCUT2D eigenvalue weighted by atomic mass is 9.99. The summed E-state index contributed by atoms with van der Waals surface area (Å²) >= 11 is 0. The molecule has 2 unspecified atom stereocenters. The Bertz CT molecular complexity index is 368. The Labute approximate surface area is 104 Å². The van der Waals surface area contributed by atoms with E-state index in [9.17, 15) is 0 Å². The van der Waals surface area contributed by atoms with Crippen LogP contribution in [0, 0.1) is 0 Å². The van der Waals surface area contributed by atoms with E-state index in [0.717, 1.165) is 12.5 Å². The van der Waals surface area contributed by atoms with Crippen LogP contribution in [0.25, 0.3) is 0 Å². The zero-order valence-corrected chi connectivity index (χ0v) is 10.4. The summed E-state index contributed by atoms with van der Waals surface area (Å²) in [6.07, 6.45) is 6.29. The monoisotopic (exact) mass is 230 g/mol. The number of hydrogen-bond donors (Lipinski definition) is 2. The van der Waals surface area contributed by atoms with Gasteiger partial charge in [0.1, 0.15) is 0 Å². The van der Waals surface area contributed by atoms with E-state index in [2.05, 4.69) is 35.6 Å². The molecule has 3 rings (SSSR count). The molecular formula is C15H22N2. The van der Waals surface area contributed by atoms with Crippen LogP contribution in [0.3, 0.4) is 0 Å². The third kappa shape index (κ3) is 2.53. The summed E-state index contributed by atoms with van der Waals surface area (Å²) in [5.41, 5.74) is 7.92. The second kappa shape index (κ2) is 4.43. The molecule has 2 heteroatoms. The van der Waals surface area contributed by atoms with Gasteiger partial charge in [0, 0.05) is 24.0 Å². The van der Waals surface area contributed by atoms with E-state index in [1.165, 1.54) is 37.7 Å². The third-order valence-corrected chi connectivity index (χ3v) is 4.33. The molecule has 2 saturated carbocycles. The van der Waals surface area contributed by atoms with Crippen molar-refractivity contribution in [3.63, 3.8) is 0 Å². The molecule has 2 atom stereocenters. The van der Waals surface area contributed by atoms with Crippen LogP contribution < -0.4 is 11.1 Å². The van der Waals surface area contributed by atoms with E-state index in [0.29, 0.717) is 6.04 Å². The van der Waals surface area contributed by atoms with Crippen LogP contribution in [0.15, 0.2) is 30.3 Å². The van der Waals surface area contributed by atoms with Crippen molar-refractivity contribution < 1.29 is 0 Å². The predicted octanol–water partition coefficient (Wildman–Crippen LogP) is 2.40. The van der Waals surface area contributed by atoms with Crippen molar-refractivity contribution in [1.82, 2.24) is 5.32 Å². The Hall–Kier alpha value is -0.860. The van der Waals surface area contributed by atoms with Crippen molar-refractivity contribution in [2.45, 2.75) is 49.6 Å². The van der Waals surface area contributed by atoms with Gasteiger partial charge in [0.2, 0.25) is 0 Å². The first-order valence-corrected chi connectivity index (χ1v) is 6.84. The fourth-order valence-corrected chi connectivity index (χ4v) is 3.08. The Balaban J connectivity index is 1.50. The van der Waals surface area contributed by atoms with Gasteiger partial charge < -0.3 is 11.1 Å². The second-order valence-corrected chi connectivity index (χ2v) is 5.81. The first kappa shape index (κ1) is 11.2. The summed E-state index contributed by atoms with van der Waals surface area (Å²) in [7, 11) is 0. The van der Waals surface area contributed by atoms with Crippen LogP contribution in [0.4, 0.5) is 0 Å². The normalized spacial score (nSPS) is 30.4. The van der Waals surface area contributed by atoms with Gasteiger partial charge in [-0.1, -0.05) is 43.2 Å². The maximum Gasteiger partial charge on any atom is 0.0280 e. The Morgan fingerprint density at radius 3 is 2.59 bits per heavy atom. The molecule has 2 aliphatic carbocycles. The van der Waals surface area contributed by atoms with Gasteiger partial charge in [-0.25, -0.2) is 0 Å². The molecule has 0 radical (unpaired) electrons. The van der Waals surface area contributed by atoms with Crippen molar-refractivity contribution in [2.24, 2.45) is 5.73 Å². The van der Waals surface area contributed by atoms with Gasteiger partial charge in [-0.05, 0) is 24.8 Å². The van der Waals surface area contributed by atoms with E-state index in [-0.39, 0.29) is 5.54 Å². The average Bonchev–Trinajstić information content (AvgIpc) is 3.03. The zero-order valence-electron chi connectivity index (χ0n) is 10.4. The number of hydrogen-bond acceptors (Lipinski definition) is 2. The summed E-state index contributed by atoms with van der Waals surface area (Å²) in [4.78, 5) is 0. The molecule has 3 N–H and O–H groups in total. The molecule has 0 aromatic heterocycles. The van der Waals surface area contributed by atoms with Crippen molar-refractivity contribution >= 4 is 0 Å². The number of nitrogens with two attached hydrogens (primary N) is 1. The minimum Gasteiger partial charge on any atom is -0.324 e. The molecule has 0 saturated heterocycles. The Morgan fingerprint density at radius 2 is 1.88 bits per heavy atom. The molecule has 0 heterocycles. The summed E-state index contributed by atoms with van der Waals surface area (Å²) < 4.78 is 0. The topological polar surface area (TPSA) is 38.0 Å². The predicted molar refractivity (Wildman–Crippen MR) is 71.0 cm³/mol. The number of benzene rings is 1. The summed E-state index contributed by atoms with van der Waals surface area (Å²) in [6.45, 7) is 1.00. The largest absolute Gasteiger partial charge is 0.324 e. The van der Waals surface area contributed by atoms with Gasteiger partial charge >= 0.3 is 0 Å². The number of nitrogens with one attached hydrogen (secondary N) is 1. The molecule has 1 aromatic carbocycles. The van der Waals surface area contributed by atoms with Crippen molar-refractivity contribution in [3.8, 4) is 0 Å². The van der Waals surface area contributed by atoms with Crippen LogP contribution in [-0.2, 0) is 0 Å². The molecule has 2 aliphatic rings. The quantitative estimate of drug-likeness (QED) is 0.833. The molecule has 0 spiro atoms. The molecule has 0 bridgehead atoms. The first-order chi connectivity index (χ1) is 8.27. The number of rotatable bonds is 4. The average molecular weight is 230 g/mol. The standard InChI is InChI=1S/C15H22N2/c16-15(8-4-5-9-15)11-17-14-10-13(14)12-6-2-1-3-7-12/h1-3,6-7,13-14,17H,4-5,8-11,16H2. The highest BCUT2D eigenvalue weighted by Crippen LogP contribution is 2.41. The molecule has 17 heavy (non-hydrogen) atoms. The first-order valence-electron chi connectivity index (χ1n) is 6.84. The van der Waals surface area contributed by atoms with Crippen molar-refractivity contribution in [1.29, 1.82) is 0 Å². The lowest BCUT2D eigenvalue weighted by Crippen LogP contribution is -2.47. The van der Waals surface area contributed by atoms with Crippen LogP contribution in [0.2, 0.25) is 0 Å². The van der Waals surface area contributed by atoms with E-state index < -0.39 is 0 Å². The summed E-state index contributed by atoms with van der Waals surface area (Å²) in [6, 6.07) is 11.5. The summed E-state index contributed by atoms with van der Waals surface area (Å²) in [5, 5.41) is 3.66. The van der Waals surface area contributed by atoms with Crippen LogP contribution >= 0.6 is 0 Å². The summed E-state index contributed by atoms with van der Waals surface area (Å²) in [5.74, 6) is 0.723. The molecule has 0 amide bonds. The molecule has 0 aliphatic heterocycles. The highest BCUT2D eigenvalue weighted by atomic mass is 15.0. The molecule has 2 nitrogen and oxygen atoms in total. The van der Waals surface area contributed by atoms with Crippen LogP contribution in [0.5, 0.6) is 0 Å². The minimum atomic E-state index is 0.0871.